The Balaban J connectivity index is 2.16. The van der Waals surface area contributed by atoms with E-state index in [1.165, 1.54) is 44.1 Å². The molecule has 19 heavy (non-hydrogen) atoms. The van der Waals surface area contributed by atoms with Crippen molar-refractivity contribution >= 4 is 5.78 Å². The number of hydrogen-bond donors (Lipinski definition) is 0. The molecule has 0 aromatic heterocycles. The molecule has 0 aliphatic heterocycles. The van der Waals surface area contributed by atoms with Gasteiger partial charge >= 0.3 is 0 Å². The highest BCUT2D eigenvalue weighted by Crippen LogP contribution is 2.36. The lowest BCUT2D eigenvalue weighted by atomic mass is 9.91. The van der Waals surface area contributed by atoms with Crippen LogP contribution >= 0.6 is 0 Å². The van der Waals surface area contributed by atoms with Gasteiger partial charge in [0.1, 0.15) is 0 Å². The summed E-state index contributed by atoms with van der Waals surface area (Å²) in [4.78, 5) is 11.9. The average molecular weight is 262 g/mol. The number of hydrogen-bond acceptors (Lipinski definition) is 1. The van der Waals surface area contributed by atoms with Gasteiger partial charge in [0.15, 0.2) is 5.78 Å². The predicted molar refractivity (Wildman–Crippen MR) is 83.2 cm³/mol. The van der Waals surface area contributed by atoms with Crippen LogP contribution in [0.3, 0.4) is 0 Å². The van der Waals surface area contributed by atoms with Gasteiger partial charge in [0, 0.05) is 5.92 Å². The predicted octanol–water partition coefficient (Wildman–Crippen LogP) is 5.46. The van der Waals surface area contributed by atoms with Crippen LogP contribution in [0.1, 0.15) is 72.1 Å². The third kappa shape index (κ3) is 4.63. The second-order valence-corrected chi connectivity index (χ2v) is 6.04. The molecule has 0 saturated heterocycles. The summed E-state index contributed by atoms with van der Waals surface area (Å²) in [6.45, 7) is 10.1. The molecule has 0 saturated carbocycles. The van der Waals surface area contributed by atoms with Crippen LogP contribution in [0.4, 0.5) is 0 Å². The van der Waals surface area contributed by atoms with Gasteiger partial charge in [0.05, 0.1) is 0 Å². The monoisotopic (exact) mass is 262 g/mol. The molecule has 2 atom stereocenters. The lowest BCUT2D eigenvalue weighted by Crippen LogP contribution is -2.10. The minimum absolute atomic E-state index is 0.217. The molecule has 0 heterocycles. The summed E-state index contributed by atoms with van der Waals surface area (Å²) in [5.41, 5.74) is 2.50. The smallest absolute Gasteiger partial charge is 0.161 e. The largest absolute Gasteiger partial charge is 0.294 e. The Hall–Kier alpha value is -0.850. The fraction of sp³-hybridized carbons (Fsp3) is 0.722. The van der Waals surface area contributed by atoms with Gasteiger partial charge in [-0.05, 0) is 44.1 Å². The Morgan fingerprint density at radius 3 is 2.11 bits per heavy atom. The van der Waals surface area contributed by atoms with E-state index >= 15 is 0 Å². The van der Waals surface area contributed by atoms with E-state index in [9.17, 15) is 4.79 Å². The summed E-state index contributed by atoms with van der Waals surface area (Å²) in [5, 5.41) is 0. The molecule has 0 fully saturated rings. The highest BCUT2D eigenvalue weighted by molar-refractivity contribution is 6.00. The molecule has 108 valence electrons. The number of Topliss-reactive ketones (excluding diaryl/α,β-unsaturated/α-hetero) is 1. The van der Waals surface area contributed by atoms with Crippen LogP contribution in [0, 0.1) is 11.8 Å². The summed E-state index contributed by atoms with van der Waals surface area (Å²) in [6.07, 6.45) is 12.2. The van der Waals surface area contributed by atoms with Gasteiger partial charge in [-0.2, -0.15) is 0 Å². The Labute approximate surface area is 119 Å². The third-order valence-electron chi connectivity index (χ3n) is 4.67. The van der Waals surface area contributed by atoms with E-state index < -0.39 is 0 Å². The topological polar surface area (TPSA) is 17.1 Å². The molecule has 0 radical (unpaired) electrons. The van der Waals surface area contributed by atoms with E-state index in [0.29, 0.717) is 11.7 Å². The van der Waals surface area contributed by atoms with E-state index in [0.717, 1.165) is 18.4 Å². The van der Waals surface area contributed by atoms with E-state index in [1.807, 2.05) is 13.0 Å². The van der Waals surface area contributed by atoms with Crippen molar-refractivity contribution in [1.82, 2.24) is 0 Å². The molecular formula is C18H30O. The third-order valence-corrected chi connectivity index (χ3v) is 4.67. The first-order valence-corrected chi connectivity index (χ1v) is 7.94. The lowest BCUT2D eigenvalue weighted by molar-refractivity contribution is -0.118. The fourth-order valence-corrected chi connectivity index (χ4v) is 3.10. The van der Waals surface area contributed by atoms with Crippen molar-refractivity contribution in [3.63, 3.8) is 0 Å². The minimum atomic E-state index is 0.217. The molecule has 1 nitrogen and oxygen atoms in total. The van der Waals surface area contributed by atoms with Gasteiger partial charge in [-0.3, -0.25) is 4.79 Å². The first-order valence-electron chi connectivity index (χ1n) is 7.94. The van der Waals surface area contributed by atoms with Crippen molar-refractivity contribution in [1.29, 1.82) is 0 Å². The molecule has 0 aromatic rings. The zero-order chi connectivity index (χ0) is 14.3. The van der Waals surface area contributed by atoms with Crippen molar-refractivity contribution < 1.29 is 4.79 Å². The number of unbranched alkanes of at least 4 members (excludes halogenated alkanes) is 6. The highest BCUT2D eigenvalue weighted by Gasteiger charge is 2.32. The van der Waals surface area contributed by atoms with Crippen molar-refractivity contribution in [2.45, 2.75) is 72.1 Å². The van der Waals surface area contributed by atoms with E-state index in [-0.39, 0.29) is 5.92 Å². The van der Waals surface area contributed by atoms with Gasteiger partial charge in [-0.15, -0.1) is 6.58 Å². The van der Waals surface area contributed by atoms with Gasteiger partial charge in [-0.1, -0.05) is 51.2 Å². The Bertz CT molecular complexity index is 338. The van der Waals surface area contributed by atoms with Crippen molar-refractivity contribution in [2.75, 3.05) is 0 Å². The number of rotatable bonds is 9. The summed E-state index contributed by atoms with van der Waals surface area (Å²) < 4.78 is 0. The first-order chi connectivity index (χ1) is 9.09. The first kappa shape index (κ1) is 16.2. The fourth-order valence-electron chi connectivity index (χ4n) is 3.10. The van der Waals surface area contributed by atoms with Crippen LogP contribution in [-0.4, -0.2) is 5.78 Å². The van der Waals surface area contributed by atoms with Crippen molar-refractivity contribution in [3.05, 3.63) is 23.8 Å². The summed E-state index contributed by atoms with van der Waals surface area (Å²) in [7, 11) is 0. The van der Waals surface area contributed by atoms with Crippen LogP contribution in [-0.2, 0) is 4.79 Å². The minimum Gasteiger partial charge on any atom is -0.294 e. The highest BCUT2D eigenvalue weighted by atomic mass is 16.1. The molecule has 1 aliphatic rings. The maximum absolute atomic E-state index is 11.9. The van der Waals surface area contributed by atoms with Crippen LogP contribution < -0.4 is 0 Å². The summed E-state index contributed by atoms with van der Waals surface area (Å²) in [5.74, 6) is 1.07. The summed E-state index contributed by atoms with van der Waals surface area (Å²) >= 11 is 0. The van der Waals surface area contributed by atoms with E-state index in [4.69, 9.17) is 0 Å². The normalized spacial score (nSPS) is 23.2. The number of carbonyl (C=O) groups excluding carboxylic acids is 1. The quantitative estimate of drug-likeness (QED) is 0.398. The maximum atomic E-state index is 11.9. The van der Waals surface area contributed by atoms with Crippen molar-refractivity contribution in [2.24, 2.45) is 11.8 Å². The molecule has 1 aliphatic carbocycles. The number of carbonyl (C=O) groups is 1. The molecular weight excluding hydrogens is 232 g/mol. The Morgan fingerprint density at radius 1 is 1.00 bits per heavy atom. The van der Waals surface area contributed by atoms with Crippen molar-refractivity contribution in [3.8, 4) is 0 Å². The van der Waals surface area contributed by atoms with Crippen LogP contribution in [0.2, 0.25) is 0 Å². The van der Waals surface area contributed by atoms with Gasteiger partial charge < -0.3 is 0 Å². The standard InChI is InChI=1S/C18H30O/c1-5-6-7-8-9-10-11-12-13-17-14(2)15(3)18(19)16(17)4/h5,14-15H,1,6-13H2,2-4H3. The number of ketones is 1. The molecule has 1 heteroatoms. The van der Waals surface area contributed by atoms with Crippen LogP contribution in [0.15, 0.2) is 23.8 Å². The molecule has 2 unspecified atom stereocenters. The van der Waals surface area contributed by atoms with Crippen LogP contribution in [0.25, 0.3) is 0 Å². The van der Waals surface area contributed by atoms with E-state index in [2.05, 4.69) is 20.4 Å². The average Bonchev–Trinajstić information content (AvgIpc) is 2.59. The van der Waals surface area contributed by atoms with E-state index in [1.54, 1.807) is 0 Å². The second-order valence-electron chi connectivity index (χ2n) is 6.04. The molecule has 0 spiro atoms. The van der Waals surface area contributed by atoms with Crippen LogP contribution in [0.5, 0.6) is 0 Å². The lowest BCUT2D eigenvalue weighted by Gasteiger charge is -2.13. The second kappa shape index (κ2) is 8.35. The van der Waals surface area contributed by atoms with Gasteiger partial charge in [0.2, 0.25) is 0 Å². The maximum Gasteiger partial charge on any atom is 0.161 e. The molecule has 0 aromatic carbocycles. The molecule has 0 bridgehead atoms. The molecule has 0 N–H and O–H groups in total. The zero-order valence-electron chi connectivity index (χ0n) is 13.0. The molecule has 1 rings (SSSR count). The van der Waals surface area contributed by atoms with Gasteiger partial charge in [0.25, 0.3) is 0 Å². The SMILES string of the molecule is C=CCCCCCCCCC1=C(C)C(=O)C(C)C1C. The zero-order valence-corrected chi connectivity index (χ0v) is 13.0. The molecule has 0 amide bonds. The summed E-state index contributed by atoms with van der Waals surface area (Å²) in [6, 6.07) is 0. The number of allylic oxidation sites excluding steroid dienone is 3. The van der Waals surface area contributed by atoms with Gasteiger partial charge in [-0.25, -0.2) is 0 Å². The Morgan fingerprint density at radius 2 is 1.58 bits per heavy atom. The Kier molecular flexibility index (Phi) is 7.12.